The summed E-state index contributed by atoms with van der Waals surface area (Å²) in [6, 6.07) is 6.42. The van der Waals surface area contributed by atoms with E-state index >= 15 is 0 Å². The Morgan fingerprint density at radius 1 is 1.12 bits per heavy atom. The van der Waals surface area contributed by atoms with E-state index in [0.29, 0.717) is 16.9 Å². The SMILES string of the molecule is NC(=O)C1=C(O)[C@@]2(O)C(=O)C3=C(O)c4c(O)ccc(-c5ccco5)c4C[C@H]3C[C@H]2CC1=O. The van der Waals surface area contributed by atoms with Crippen molar-refractivity contribution in [2.75, 3.05) is 0 Å². The van der Waals surface area contributed by atoms with Crippen LogP contribution in [0, 0.1) is 11.8 Å². The largest absolute Gasteiger partial charge is 0.508 e. The highest BCUT2D eigenvalue weighted by atomic mass is 16.3. The molecule has 1 heterocycles. The summed E-state index contributed by atoms with van der Waals surface area (Å²) in [7, 11) is 0. The molecule has 32 heavy (non-hydrogen) atoms. The summed E-state index contributed by atoms with van der Waals surface area (Å²) in [5.41, 5.74) is 2.84. The molecule has 3 aliphatic carbocycles. The lowest BCUT2D eigenvalue weighted by molar-refractivity contribution is -0.147. The highest BCUT2D eigenvalue weighted by Crippen LogP contribution is 2.53. The lowest BCUT2D eigenvalue weighted by Gasteiger charge is -2.46. The molecule has 0 unspecified atom stereocenters. The molecule has 6 N–H and O–H groups in total. The predicted octanol–water partition coefficient (Wildman–Crippen LogP) is 1.68. The van der Waals surface area contributed by atoms with Crippen LogP contribution in [0.3, 0.4) is 0 Å². The molecule has 0 saturated heterocycles. The summed E-state index contributed by atoms with van der Waals surface area (Å²) in [5, 5.41) is 43.3. The molecule has 1 aromatic carbocycles. The van der Waals surface area contributed by atoms with E-state index in [1.54, 1.807) is 18.2 Å². The average Bonchev–Trinajstić information content (AvgIpc) is 3.25. The lowest BCUT2D eigenvalue weighted by Crippen LogP contribution is -2.58. The first-order chi connectivity index (χ1) is 15.2. The van der Waals surface area contributed by atoms with Gasteiger partial charge in [0.1, 0.15) is 28.6 Å². The smallest absolute Gasteiger partial charge is 0.255 e. The molecule has 164 valence electrons. The molecule has 1 saturated carbocycles. The third kappa shape index (κ3) is 2.45. The van der Waals surface area contributed by atoms with Gasteiger partial charge in [-0.05, 0) is 48.6 Å². The Kier molecular flexibility index (Phi) is 4.12. The lowest BCUT2D eigenvalue weighted by atomic mass is 9.59. The number of aliphatic hydroxyl groups is 3. The van der Waals surface area contributed by atoms with E-state index in [1.807, 2.05) is 0 Å². The molecule has 9 nitrogen and oxygen atoms in total. The topological polar surface area (TPSA) is 171 Å². The molecule has 9 heteroatoms. The predicted molar refractivity (Wildman–Crippen MR) is 109 cm³/mol. The third-order valence-electron chi connectivity index (χ3n) is 6.73. The number of nitrogens with two attached hydrogens (primary N) is 1. The molecular formula is C23H19NO8. The molecule has 2 aromatic rings. The summed E-state index contributed by atoms with van der Waals surface area (Å²) in [5.74, 6) is -5.98. The highest BCUT2D eigenvalue weighted by molar-refractivity contribution is 6.22. The maximum atomic E-state index is 13.4. The van der Waals surface area contributed by atoms with E-state index in [9.17, 15) is 34.8 Å². The number of fused-ring (bicyclic) bond motifs is 3. The van der Waals surface area contributed by atoms with Crippen LogP contribution in [0.4, 0.5) is 0 Å². The van der Waals surface area contributed by atoms with Crippen molar-refractivity contribution in [3.05, 3.63) is 58.6 Å². The van der Waals surface area contributed by atoms with E-state index in [-0.39, 0.29) is 36.1 Å². The maximum Gasteiger partial charge on any atom is 0.255 e. The number of rotatable bonds is 2. The van der Waals surface area contributed by atoms with Gasteiger partial charge in [-0.2, -0.15) is 0 Å². The zero-order valence-electron chi connectivity index (χ0n) is 16.7. The van der Waals surface area contributed by atoms with Crippen LogP contribution in [0.5, 0.6) is 5.75 Å². The maximum absolute atomic E-state index is 13.4. The first-order valence-corrected chi connectivity index (χ1v) is 10.0. The zero-order valence-corrected chi connectivity index (χ0v) is 16.7. The number of Topliss-reactive ketones (excluding diaryl/α,β-unsaturated/α-hetero) is 2. The van der Waals surface area contributed by atoms with E-state index in [4.69, 9.17) is 10.2 Å². The molecule has 3 atom stereocenters. The molecule has 1 amide bonds. The first kappa shape index (κ1) is 20.1. The van der Waals surface area contributed by atoms with Crippen LogP contribution in [0.25, 0.3) is 17.1 Å². The van der Waals surface area contributed by atoms with Gasteiger partial charge in [-0.15, -0.1) is 0 Å². The number of hydrogen-bond acceptors (Lipinski definition) is 8. The quantitative estimate of drug-likeness (QED) is 0.442. The van der Waals surface area contributed by atoms with E-state index < -0.39 is 52.0 Å². The number of furan rings is 1. The Morgan fingerprint density at radius 2 is 1.88 bits per heavy atom. The van der Waals surface area contributed by atoms with Gasteiger partial charge in [0, 0.05) is 23.5 Å². The van der Waals surface area contributed by atoms with Crippen LogP contribution in [0.15, 0.2) is 51.9 Å². The average molecular weight is 437 g/mol. The van der Waals surface area contributed by atoms with Crippen molar-refractivity contribution < 1.29 is 39.2 Å². The van der Waals surface area contributed by atoms with E-state index in [2.05, 4.69) is 0 Å². The van der Waals surface area contributed by atoms with Crippen molar-refractivity contribution in [3.8, 4) is 17.1 Å². The van der Waals surface area contributed by atoms with Crippen molar-refractivity contribution in [1.82, 2.24) is 0 Å². The van der Waals surface area contributed by atoms with Gasteiger partial charge < -0.3 is 30.6 Å². The van der Waals surface area contributed by atoms with Crippen molar-refractivity contribution in [3.63, 3.8) is 0 Å². The van der Waals surface area contributed by atoms with Crippen LogP contribution in [0.1, 0.15) is 24.0 Å². The van der Waals surface area contributed by atoms with Crippen LogP contribution in [-0.2, 0) is 20.8 Å². The summed E-state index contributed by atoms with van der Waals surface area (Å²) in [6.45, 7) is 0. The number of primary amides is 1. The van der Waals surface area contributed by atoms with Gasteiger partial charge in [0.15, 0.2) is 11.4 Å². The number of aliphatic hydroxyl groups excluding tert-OH is 2. The first-order valence-electron chi connectivity index (χ1n) is 10.0. The molecule has 3 aliphatic rings. The van der Waals surface area contributed by atoms with Crippen LogP contribution >= 0.6 is 0 Å². The Morgan fingerprint density at radius 3 is 2.53 bits per heavy atom. The van der Waals surface area contributed by atoms with Crippen LogP contribution in [-0.4, -0.2) is 43.5 Å². The fourth-order valence-electron chi connectivity index (χ4n) is 5.28. The molecular weight excluding hydrogens is 418 g/mol. The standard InChI is InChI=1S/C23H19NO8/c24-22(30)18-14(26)8-10-6-9-7-12-11(15-2-1-5-32-15)3-4-13(25)17(12)19(27)16(9)20(28)23(10,31)21(18)29/h1-5,9-10,25,27,29,31H,6-8H2,(H2,24,30)/t9-,10+,23+/m1/s1. The van der Waals surface area contributed by atoms with Gasteiger partial charge in [-0.25, -0.2) is 0 Å². The normalized spacial score (nSPS) is 27.2. The van der Waals surface area contributed by atoms with Gasteiger partial charge in [0.2, 0.25) is 5.78 Å². The summed E-state index contributed by atoms with van der Waals surface area (Å²) in [6.07, 6.45) is 1.43. The number of aromatic hydroxyl groups is 1. The van der Waals surface area contributed by atoms with Crippen molar-refractivity contribution >= 4 is 23.2 Å². The molecule has 0 bridgehead atoms. The van der Waals surface area contributed by atoms with E-state index in [0.717, 1.165) is 0 Å². The number of carbonyl (C=O) groups is 3. The molecule has 0 spiro atoms. The van der Waals surface area contributed by atoms with Crippen LogP contribution < -0.4 is 5.73 Å². The van der Waals surface area contributed by atoms with Gasteiger partial charge in [-0.3, -0.25) is 14.4 Å². The molecule has 5 rings (SSSR count). The van der Waals surface area contributed by atoms with Gasteiger partial charge in [0.05, 0.1) is 11.8 Å². The molecule has 0 radical (unpaired) electrons. The highest BCUT2D eigenvalue weighted by Gasteiger charge is 2.60. The van der Waals surface area contributed by atoms with Gasteiger partial charge in [0.25, 0.3) is 5.91 Å². The minimum absolute atomic E-state index is 0.0334. The number of hydrogen-bond donors (Lipinski definition) is 5. The third-order valence-corrected chi connectivity index (χ3v) is 6.73. The fraction of sp³-hybridized carbons (Fsp3) is 0.261. The van der Waals surface area contributed by atoms with E-state index in [1.165, 1.54) is 12.3 Å². The number of carbonyl (C=O) groups excluding carboxylic acids is 3. The summed E-state index contributed by atoms with van der Waals surface area (Å²) in [4.78, 5) is 37.5. The van der Waals surface area contributed by atoms with Crippen molar-refractivity contribution in [2.24, 2.45) is 17.6 Å². The number of benzene rings is 1. The second kappa shape index (κ2) is 6.57. The Balaban J connectivity index is 1.72. The minimum Gasteiger partial charge on any atom is -0.508 e. The van der Waals surface area contributed by atoms with Gasteiger partial charge >= 0.3 is 0 Å². The Labute approximate surface area is 181 Å². The zero-order chi connectivity index (χ0) is 22.9. The second-order valence-corrected chi connectivity index (χ2v) is 8.37. The molecule has 1 aromatic heterocycles. The van der Waals surface area contributed by atoms with Crippen molar-refractivity contribution in [2.45, 2.75) is 24.9 Å². The summed E-state index contributed by atoms with van der Waals surface area (Å²) >= 11 is 0. The van der Waals surface area contributed by atoms with Crippen molar-refractivity contribution in [1.29, 1.82) is 0 Å². The number of amides is 1. The fourth-order valence-corrected chi connectivity index (χ4v) is 5.28. The number of phenolic OH excluding ortho intramolecular Hbond substituents is 1. The minimum atomic E-state index is -2.57. The number of phenols is 1. The van der Waals surface area contributed by atoms with Gasteiger partial charge in [-0.1, -0.05) is 0 Å². The number of ketones is 2. The molecule has 1 fully saturated rings. The van der Waals surface area contributed by atoms with Crippen LogP contribution in [0.2, 0.25) is 0 Å². The Hall–Kier alpha value is -3.85. The molecule has 0 aliphatic heterocycles. The summed E-state index contributed by atoms with van der Waals surface area (Å²) < 4.78 is 5.47. The Bertz CT molecular complexity index is 1270. The monoisotopic (exact) mass is 437 g/mol. The second-order valence-electron chi connectivity index (χ2n) is 8.37.